The lowest BCUT2D eigenvalue weighted by Crippen LogP contribution is -2.25. The van der Waals surface area contributed by atoms with Gasteiger partial charge in [-0.1, -0.05) is 54.0 Å². The van der Waals surface area contributed by atoms with Gasteiger partial charge in [0, 0.05) is 22.2 Å². The summed E-state index contributed by atoms with van der Waals surface area (Å²) < 4.78 is 2.09. The fraction of sp³-hybridized carbons (Fsp3) is 0.348. The van der Waals surface area contributed by atoms with Crippen LogP contribution in [0, 0.1) is 13.8 Å². The highest BCUT2D eigenvalue weighted by molar-refractivity contribution is 8.00. The maximum atomic E-state index is 12.9. The van der Waals surface area contributed by atoms with E-state index < -0.39 is 0 Å². The average Bonchev–Trinajstić information content (AvgIpc) is 3.15. The van der Waals surface area contributed by atoms with E-state index in [0.717, 1.165) is 28.8 Å². The van der Waals surface area contributed by atoms with Crippen LogP contribution in [-0.2, 0) is 17.1 Å². The Kier molecular flexibility index (Phi) is 8.46. The third kappa shape index (κ3) is 6.28. The molecular formula is C23H27ClN4OS2. The number of hydrogen-bond acceptors (Lipinski definition) is 5. The fourth-order valence-corrected chi connectivity index (χ4v) is 5.01. The van der Waals surface area contributed by atoms with E-state index in [1.54, 1.807) is 17.8 Å². The van der Waals surface area contributed by atoms with Crippen LogP contribution >= 0.6 is 35.1 Å². The number of nitrogens with zero attached hydrogens (tertiary/aromatic N) is 3. The predicted molar refractivity (Wildman–Crippen MR) is 131 cm³/mol. The van der Waals surface area contributed by atoms with Crippen molar-refractivity contribution in [2.24, 2.45) is 0 Å². The van der Waals surface area contributed by atoms with E-state index in [4.69, 9.17) is 11.6 Å². The highest BCUT2D eigenvalue weighted by Crippen LogP contribution is 2.29. The first-order valence-corrected chi connectivity index (χ1v) is 12.5. The smallest absolute Gasteiger partial charge is 0.237 e. The van der Waals surface area contributed by atoms with E-state index in [1.165, 1.54) is 22.2 Å². The number of anilines is 1. The van der Waals surface area contributed by atoms with Crippen molar-refractivity contribution < 1.29 is 4.79 Å². The number of thioether (sulfide) groups is 2. The molecule has 1 atom stereocenters. The van der Waals surface area contributed by atoms with Gasteiger partial charge in [0.25, 0.3) is 0 Å². The summed E-state index contributed by atoms with van der Waals surface area (Å²) in [4.78, 5) is 14.1. The minimum Gasteiger partial charge on any atom is -0.325 e. The molecule has 3 aromatic rings. The van der Waals surface area contributed by atoms with Gasteiger partial charge in [-0.05, 0) is 57.0 Å². The molecule has 1 heterocycles. The Balaban J connectivity index is 1.67. The number of hydrogen-bond donors (Lipinski definition) is 1. The number of amides is 1. The van der Waals surface area contributed by atoms with Crippen LogP contribution in [0.2, 0.25) is 5.02 Å². The molecule has 5 nitrogen and oxygen atoms in total. The predicted octanol–water partition coefficient (Wildman–Crippen LogP) is 6.37. The first-order chi connectivity index (χ1) is 14.9. The number of rotatable bonds is 9. The van der Waals surface area contributed by atoms with Gasteiger partial charge >= 0.3 is 0 Å². The van der Waals surface area contributed by atoms with Crippen LogP contribution in [0.1, 0.15) is 37.2 Å². The van der Waals surface area contributed by atoms with Crippen LogP contribution in [0.25, 0.3) is 0 Å². The third-order valence-corrected chi connectivity index (χ3v) is 7.61. The van der Waals surface area contributed by atoms with Crippen LogP contribution in [0.4, 0.5) is 5.69 Å². The van der Waals surface area contributed by atoms with Gasteiger partial charge in [-0.2, -0.15) is 0 Å². The van der Waals surface area contributed by atoms with Gasteiger partial charge in [0.1, 0.15) is 5.82 Å². The highest BCUT2D eigenvalue weighted by atomic mass is 35.5. The molecule has 1 aromatic heterocycles. The van der Waals surface area contributed by atoms with Crippen molar-refractivity contribution in [1.29, 1.82) is 0 Å². The van der Waals surface area contributed by atoms with E-state index >= 15 is 0 Å². The largest absolute Gasteiger partial charge is 0.325 e. The number of aromatic nitrogens is 3. The number of benzene rings is 2. The van der Waals surface area contributed by atoms with Crippen LogP contribution in [-0.4, -0.2) is 25.9 Å². The Labute approximate surface area is 197 Å². The Morgan fingerprint density at radius 1 is 1.13 bits per heavy atom. The fourth-order valence-electron chi connectivity index (χ4n) is 2.96. The van der Waals surface area contributed by atoms with Crippen molar-refractivity contribution in [1.82, 2.24) is 14.8 Å². The molecule has 0 saturated heterocycles. The minimum absolute atomic E-state index is 0.0614. The molecule has 0 saturated carbocycles. The molecule has 0 bridgehead atoms. The van der Waals surface area contributed by atoms with Crippen LogP contribution < -0.4 is 5.32 Å². The van der Waals surface area contributed by atoms with Gasteiger partial charge in [0.05, 0.1) is 11.0 Å². The summed E-state index contributed by atoms with van der Waals surface area (Å²) in [5.74, 6) is 1.58. The number of carbonyl (C=O) groups is 1. The maximum Gasteiger partial charge on any atom is 0.237 e. The SMILES string of the molecule is CCC(Sc1nnc(CSc2ccc(C)cc2)n1CC)C(=O)Nc1ccc(C)c(Cl)c1. The zero-order chi connectivity index (χ0) is 22.4. The molecule has 164 valence electrons. The van der Waals surface area contributed by atoms with Crippen LogP contribution in [0.3, 0.4) is 0 Å². The quantitative estimate of drug-likeness (QED) is 0.365. The molecule has 0 aliphatic heterocycles. The minimum atomic E-state index is -0.271. The number of aryl methyl sites for hydroxylation is 2. The Hall–Kier alpha value is -1.96. The molecule has 1 unspecified atom stereocenters. The van der Waals surface area contributed by atoms with Gasteiger partial charge in [-0.3, -0.25) is 4.79 Å². The highest BCUT2D eigenvalue weighted by Gasteiger charge is 2.22. The second-order valence-electron chi connectivity index (χ2n) is 7.21. The van der Waals surface area contributed by atoms with Crippen molar-refractivity contribution >= 4 is 46.7 Å². The van der Waals surface area contributed by atoms with E-state index in [9.17, 15) is 4.79 Å². The van der Waals surface area contributed by atoms with E-state index in [1.807, 2.05) is 26.0 Å². The molecule has 31 heavy (non-hydrogen) atoms. The Morgan fingerprint density at radius 2 is 1.87 bits per heavy atom. The molecule has 2 aromatic carbocycles. The van der Waals surface area contributed by atoms with Gasteiger partial charge in [0.15, 0.2) is 5.16 Å². The molecule has 0 spiro atoms. The first kappa shape index (κ1) is 23.7. The van der Waals surface area contributed by atoms with Gasteiger partial charge < -0.3 is 9.88 Å². The number of halogens is 1. The van der Waals surface area contributed by atoms with Crippen LogP contribution in [0.5, 0.6) is 0 Å². The number of nitrogens with one attached hydrogen (secondary N) is 1. The van der Waals surface area contributed by atoms with Gasteiger partial charge in [-0.25, -0.2) is 0 Å². The molecule has 0 radical (unpaired) electrons. The molecule has 0 aliphatic carbocycles. The second kappa shape index (κ2) is 11.1. The van der Waals surface area contributed by atoms with Crippen molar-refractivity contribution in [3.63, 3.8) is 0 Å². The average molecular weight is 475 g/mol. The maximum absolute atomic E-state index is 12.9. The normalized spacial score (nSPS) is 12.0. The van der Waals surface area contributed by atoms with Gasteiger partial charge in [0.2, 0.25) is 5.91 Å². The first-order valence-electron chi connectivity index (χ1n) is 10.3. The Morgan fingerprint density at radius 3 is 2.52 bits per heavy atom. The molecule has 8 heteroatoms. The summed E-state index contributed by atoms with van der Waals surface area (Å²) in [7, 11) is 0. The summed E-state index contributed by atoms with van der Waals surface area (Å²) in [6, 6.07) is 14.0. The topological polar surface area (TPSA) is 59.8 Å². The van der Waals surface area contributed by atoms with E-state index in [2.05, 4.69) is 58.2 Å². The number of carbonyl (C=O) groups excluding carboxylic acids is 1. The summed E-state index contributed by atoms with van der Waals surface area (Å²) in [5.41, 5.74) is 2.93. The van der Waals surface area contributed by atoms with Crippen LogP contribution in [0.15, 0.2) is 52.5 Å². The Bertz CT molecular complexity index is 1040. The van der Waals surface area contributed by atoms with Crippen molar-refractivity contribution in [3.05, 3.63) is 64.4 Å². The molecule has 1 N–H and O–H groups in total. The summed E-state index contributed by atoms with van der Waals surface area (Å²) in [6.07, 6.45) is 0.681. The van der Waals surface area contributed by atoms with Gasteiger partial charge in [-0.15, -0.1) is 22.0 Å². The monoisotopic (exact) mass is 474 g/mol. The van der Waals surface area contributed by atoms with Crippen molar-refractivity contribution in [3.8, 4) is 0 Å². The standard InChI is InChI=1S/C23H27ClN4OS2/c1-5-20(22(29)25-17-10-9-16(4)19(24)13-17)31-23-27-26-21(28(23)6-2)14-30-18-11-7-15(3)8-12-18/h7-13,20H,5-6,14H2,1-4H3,(H,25,29). The molecule has 3 rings (SSSR count). The lowest BCUT2D eigenvalue weighted by atomic mass is 10.2. The molecular weight excluding hydrogens is 448 g/mol. The van der Waals surface area contributed by atoms with Crippen molar-refractivity contribution in [2.45, 2.75) is 61.7 Å². The van der Waals surface area contributed by atoms with E-state index in [-0.39, 0.29) is 11.2 Å². The molecule has 0 fully saturated rings. The summed E-state index contributed by atoms with van der Waals surface area (Å²) >= 11 is 9.37. The van der Waals surface area contributed by atoms with Crippen molar-refractivity contribution in [2.75, 3.05) is 5.32 Å². The summed E-state index contributed by atoms with van der Waals surface area (Å²) in [5, 5.41) is 12.9. The summed E-state index contributed by atoms with van der Waals surface area (Å²) in [6.45, 7) is 8.85. The third-order valence-electron chi connectivity index (χ3n) is 4.85. The zero-order valence-electron chi connectivity index (χ0n) is 18.2. The van der Waals surface area contributed by atoms with E-state index in [0.29, 0.717) is 17.1 Å². The lowest BCUT2D eigenvalue weighted by Gasteiger charge is -2.15. The zero-order valence-corrected chi connectivity index (χ0v) is 20.6. The molecule has 0 aliphatic rings. The molecule has 1 amide bonds. The lowest BCUT2D eigenvalue weighted by molar-refractivity contribution is -0.115. The second-order valence-corrected chi connectivity index (χ2v) is 9.84.